The topological polar surface area (TPSA) is 115 Å². The van der Waals surface area contributed by atoms with Crippen molar-refractivity contribution in [1.82, 2.24) is 19.7 Å². The summed E-state index contributed by atoms with van der Waals surface area (Å²) >= 11 is 0. The summed E-state index contributed by atoms with van der Waals surface area (Å²) < 4.78 is 27.9. The number of fused-ring (bicyclic) bond motifs is 1. The molecule has 2 saturated carbocycles. The molecular weight excluding hydrogens is 352 g/mol. The molecule has 0 bridgehead atoms. The maximum atomic E-state index is 12.5. The lowest BCUT2D eigenvalue weighted by Crippen LogP contribution is -2.54. The van der Waals surface area contributed by atoms with E-state index in [1.54, 1.807) is 0 Å². The average molecular weight is 374 g/mol. The second kappa shape index (κ2) is 6.52. The van der Waals surface area contributed by atoms with E-state index in [0.29, 0.717) is 19.3 Å². The van der Waals surface area contributed by atoms with Crippen LogP contribution in [0.3, 0.4) is 0 Å². The number of anilines is 1. The van der Waals surface area contributed by atoms with Crippen LogP contribution in [0.4, 0.5) is 5.82 Å². The van der Waals surface area contributed by atoms with Crippen LogP contribution in [0.2, 0.25) is 0 Å². The zero-order valence-electron chi connectivity index (χ0n) is 14.6. The van der Waals surface area contributed by atoms with Crippen molar-refractivity contribution >= 4 is 26.9 Å². The first kappa shape index (κ1) is 17.2. The maximum Gasteiger partial charge on any atom is 0.214 e. The van der Waals surface area contributed by atoms with E-state index in [2.05, 4.69) is 30.6 Å². The first-order chi connectivity index (χ1) is 12.5. The Kier molecular flexibility index (Phi) is 4.32. The van der Waals surface area contributed by atoms with Crippen molar-refractivity contribution in [3.63, 3.8) is 0 Å². The van der Waals surface area contributed by atoms with Gasteiger partial charge in [-0.05, 0) is 38.2 Å². The number of rotatable bonds is 5. The highest BCUT2D eigenvalue weighted by Crippen LogP contribution is 2.34. The van der Waals surface area contributed by atoms with Crippen molar-refractivity contribution in [3.8, 4) is 6.07 Å². The van der Waals surface area contributed by atoms with Gasteiger partial charge in [0.15, 0.2) is 0 Å². The average Bonchev–Trinajstić information content (AvgIpc) is 3.25. The van der Waals surface area contributed by atoms with Gasteiger partial charge in [0.05, 0.1) is 16.7 Å². The fraction of sp³-hybridized carbons (Fsp3) is 0.588. The molecule has 4 rings (SSSR count). The summed E-state index contributed by atoms with van der Waals surface area (Å²) in [5, 5.41) is 9.51. The summed E-state index contributed by atoms with van der Waals surface area (Å²) in [6.07, 6.45) is 6.59. The highest BCUT2D eigenvalue weighted by Gasteiger charge is 2.40. The highest BCUT2D eigenvalue weighted by atomic mass is 32.2. The largest absolute Gasteiger partial charge is 0.356 e. The Morgan fingerprint density at radius 3 is 2.85 bits per heavy atom. The van der Waals surface area contributed by atoms with Crippen LogP contribution in [0, 0.1) is 17.2 Å². The van der Waals surface area contributed by atoms with Gasteiger partial charge in [-0.2, -0.15) is 5.26 Å². The van der Waals surface area contributed by atoms with Crippen molar-refractivity contribution in [2.45, 2.75) is 49.4 Å². The van der Waals surface area contributed by atoms with Crippen LogP contribution in [-0.2, 0) is 10.0 Å². The molecule has 2 heterocycles. The Morgan fingerprint density at radius 1 is 1.31 bits per heavy atom. The summed E-state index contributed by atoms with van der Waals surface area (Å²) in [4.78, 5) is 13.8. The fourth-order valence-corrected chi connectivity index (χ4v) is 5.76. The van der Waals surface area contributed by atoms with Crippen molar-refractivity contribution in [2.24, 2.45) is 5.92 Å². The lowest BCUT2D eigenvalue weighted by molar-refractivity contribution is 0.315. The van der Waals surface area contributed by atoms with Crippen LogP contribution in [0.5, 0.6) is 0 Å². The molecule has 2 aliphatic carbocycles. The van der Waals surface area contributed by atoms with Crippen LogP contribution in [0.15, 0.2) is 18.6 Å². The Labute approximate surface area is 152 Å². The molecule has 26 heavy (non-hydrogen) atoms. The molecule has 0 unspecified atom stereocenters. The highest BCUT2D eigenvalue weighted by molar-refractivity contribution is 7.90. The summed E-state index contributed by atoms with van der Waals surface area (Å²) in [6.45, 7) is 0. The molecule has 2 fully saturated rings. The monoisotopic (exact) mass is 374 g/mol. The second-order valence-corrected chi connectivity index (χ2v) is 9.29. The summed E-state index contributed by atoms with van der Waals surface area (Å²) in [7, 11) is -1.37. The molecule has 0 spiro atoms. The van der Waals surface area contributed by atoms with Crippen molar-refractivity contribution in [3.05, 3.63) is 18.6 Å². The normalized spacial score (nSPS) is 28.6. The molecular formula is C17H22N6O2S. The number of sulfonamides is 1. The lowest BCUT2D eigenvalue weighted by atomic mass is 9.86. The van der Waals surface area contributed by atoms with Crippen LogP contribution in [0.1, 0.15) is 32.1 Å². The number of H-pyrrole nitrogens is 1. The summed E-state index contributed by atoms with van der Waals surface area (Å²) in [5.41, 5.74) is 0.798. The molecule has 0 saturated heterocycles. The maximum absolute atomic E-state index is 12.5. The Bertz CT molecular complexity index is 944. The first-order valence-corrected chi connectivity index (χ1v) is 10.4. The van der Waals surface area contributed by atoms with Gasteiger partial charge in [-0.3, -0.25) is 0 Å². The van der Waals surface area contributed by atoms with Gasteiger partial charge in [0, 0.05) is 31.2 Å². The zero-order valence-corrected chi connectivity index (χ0v) is 15.4. The number of aromatic nitrogens is 3. The van der Waals surface area contributed by atoms with Gasteiger partial charge in [0.1, 0.15) is 17.8 Å². The molecule has 0 radical (unpaired) electrons. The van der Waals surface area contributed by atoms with Gasteiger partial charge < -0.3 is 9.88 Å². The first-order valence-electron chi connectivity index (χ1n) is 8.89. The van der Waals surface area contributed by atoms with Gasteiger partial charge in [-0.15, -0.1) is 0 Å². The third-order valence-electron chi connectivity index (χ3n) is 5.66. The number of nitrogens with zero attached hydrogens (tertiary/aromatic N) is 4. The molecule has 9 heteroatoms. The second-order valence-electron chi connectivity index (χ2n) is 7.29. The van der Waals surface area contributed by atoms with E-state index in [9.17, 15) is 8.42 Å². The van der Waals surface area contributed by atoms with Gasteiger partial charge in [-0.1, -0.05) is 0 Å². The van der Waals surface area contributed by atoms with Crippen LogP contribution < -0.4 is 9.62 Å². The number of aromatic amines is 1. The Morgan fingerprint density at radius 2 is 2.12 bits per heavy atom. The number of hydrogen-bond donors (Lipinski definition) is 2. The Balaban J connectivity index is 1.37. The van der Waals surface area contributed by atoms with E-state index in [0.717, 1.165) is 29.7 Å². The quantitative estimate of drug-likeness (QED) is 0.820. The van der Waals surface area contributed by atoms with Gasteiger partial charge in [0.2, 0.25) is 10.0 Å². The van der Waals surface area contributed by atoms with E-state index < -0.39 is 15.3 Å². The van der Waals surface area contributed by atoms with Crippen LogP contribution >= 0.6 is 0 Å². The van der Waals surface area contributed by atoms with Crippen molar-refractivity contribution < 1.29 is 8.42 Å². The van der Waals surface area contributed by atoms with Crippen LogP contribution in [0.25, 0.3) is 11.0 Å². The molecule has 8 nitrogen and oxygen atoms in total. The molecule has 0 amide bonds. The van der Waals surface area contributed by atoms with Crippen molar-refractivity contribution in [1.29, 1.82) is 5.26 Å². The number of nitriles is 1. The number of nitrogens with one attached hydrogen (secondary N) is 2. The molecule has 0 aliphatic heterocycles. The predicted octanol–water partition coefficient (Wildman–Crippen LogP) is 1.54. The van der Waals surface area contributed by atoms with Gasteiger partial charge >= 0.3 is 0 Å². The zero-order chi connectivity index (χ0) is 18.3. The van der Waals surface area contributed by atoms with E-state index in [1.807, 2.05) is 19.3 Å². The number of hydrogen-bond acceptors (Lipinski definition) is 6. The minimum atomic E-state index is -3.35. The SMILES string of the molecule is CN(c1ncnc2[nH]ccc12)[C@H]1C[C@H](NS(=O)(=O)[C@H]2CC[C@H](C#N)C2)C1. The molecule has 0 aromatic carbocycles. The standard InChI is InChI=1S/C17H22N6O2S/c1-23(17-15-4-5-19-16(15)20-10-21-17)13-7-12(8-13)22-26(24,25)14-3-2-11(6-14)9-18/h4-5,10-14,22H,2-3,6-8H2,1H3,(H,19,20,21)/t11-,12-,13-,14-/m0/s1. The van der Waals surface area contributed by atoms with E-state index >= 15 is 0 Å². The van der Waals surface area contributed by atoms with Crippen molar-refractivity contribution in [2.75, 3.05) is 11.9 Å². The molecule has 2 aliphatic rings. The molecule has 2 aromatic heterocycles. The predicted molar refractivity (Wildman–Crippen MR) is 97.9 cm³/mol. The molecule has 2 N–H and O–H groups in total. The van der Waals surface area contributed by atoms with Crippen LogP contribution in [-0.4, -0.2) is 47.8 Å². The van der Waals surface area contributed by atoms with Gasteiger partial charge in [0.25, 0.3) is 0 Å². The van der Waals surface area contributed by atoms with E-state index in [-0.39, 0.29) is 18.0 Å². The Hall–Kier alpha value is -2.18. The summed E-state index contributed by atoms with van der Waals surface area (Å²) in [5.74, 6) is 0.730. The third kappa shape index (κ3) is 3.04. The summed E-state index contributed by atoms with van der Waals surface area (Å²) in [6, 6.07) is 4.33. The van der Waals surface area contributed by atoms with Gasteiger partial charge in [-0.25, -0.2) is 23.1 Å². The smallest absolute Gasteiger partial charge is 0.214 e. The third-order valence-corrected chi connectivity index (χ3v) is 7.63. The lowest BCUT2D eigenvalue weighted by Gasteiger charge is -2.42. The minimum Gasteiger partial charge on any atom is -0.356 e. The molecule has 138 valence electrons. The molecule has 2 atom stereocenters. The fourth-order valence-electron chi connectivity index (χ4n) is 3.98. The van der Waals surface area contributed by atoms with E-state index in [1.165, 1.54) is 6.33 Å². The minimum absolute atomic E-state index is 0.0443. The molecule has 2 aromatic rings. The van der Waals surface area contributed by atoms with E-state index in [4.69, 9.17) is 5.26 Å².